The average Bonchev–Trinajstić information content (AvgIpc) is 2.73. The van der Waals surface area contributed by atoms with Crippen LogP contribution in [0.25, 0.3) is 0 Å². The Hall–Kier alpha value is -2.53. The van der Waals surface area contributed by atoms with Crippen molar-refractivity contribution in [1.82, 2.24) is 10.2 Å². The Kier molecular flexibility index (Phi) is 7.31. The van der Waals surface area contributed by atoms with E-state index in [0.29, 0.717) is 18.0 Å². The number of piperidine rings is 1. The minimum Gasteiger partial charge on any atom is -0.493 e. The molecule has 5 heteroatoms. The lowest BCUT2D eigenvalue weighted by Crippen LogP contribution is -2.36. The van der Waals surface area contributed by atoms with E-state index in [0.717, 1.165) is 12.1 Å². The Bertz CT molecular complexity index is 772. The molecule has 1 saturated heterocycles. The first-order chi connectivity index (χ1) is 13.7. The minimum absolute atomic E-state index is 0.146. The summed E-state index contributed by atoms with van der Waals surface area (Å²) in [6, 6.07) is 15.8. The van der Waals surface area contributed by atoms with E-state index in [2.05, 4.69) is 28.4 Å². The molecule has 1 fully saturated rings. The maximum atomic E-state index is 12.4. The quantitative estimate of drug-likeness (QED) is 0.755. The van der Waals surface area contributed by atoms with Gasteiger partial charge in [0.15, 0.2) is 17.6 Å². The van der Waals surface area contributed by atoms with Crippen molar-refractivity contribution >= 4 is 5.91 Å². The van der Waals surface area contributed by atoms with E-state index in [-0.39, 0.29) is 5.91 Å². The maximum Gasteiger partial charge on any atom is 0.261 e. The third kappa shape index (κ3) is 5.73. The molecular formula is C23H30N2O3. The zero-order valence-corrected chi connectivity index (χ0v) is 16.8. The van der Waals surface area contributed by atoms with Crippen molar-refractivity contribution in [3.63, 3.8) is 0 Å². The minimum atomic E-state index is -0.604. The number of carbonyl (C=O) groups is 1. The fourth-order valence-corrected chi connectivity index (χ4v) is 3.51. The van der Waals surface area contributed by atoms with Gasteiger partial charge in [0.05, 0.1) is 7.11 Å². The molecule has 3 rings (SSSR count). The first kappa shape index (κ1) is 20.2. The van der Waals surface area contributed by atoms with Crippen molar-refractivity contribution in [3.8, 4) is 11.5 Å². The zero-order valence-electron chi connectivity index (χ0n) is 16.8. The lowest BCUT2D eigenvalue weighted by Gasteiger charge is -2.26. The van der Waals surface area contributed by atoms with Gasteiger partial charge in [-0.3, -0.25) is 9.69 Å². The highest BCUT2D eigenvalue weighted by Crippen LogP contribution is 2.26. The number of amides is 1. The number of methoxy groups -OCH3 is 1. The van der Waals surface area contributed by atoms with Crippen LogP contribution < -0.4 is 14.8 Å². The van der Waals surface area contributed by atoms with Crippen LogP contribution >= 0.6 is 0 Å². The lowest BCUT2D eigenvalue weighted by molar-refractivity contribution is -0.127. The molecule has 150 valence electrons. The van der Waals surface area contributed by atoms with Crippen molar-refractivity contribution in [2.45, 2.75) is 45.4 Å². The Balaban J connectivity index is 1.51. The van der Waals surface area contributed by atoms with E-state index < -0.39 is 6.10 Å². The topological polar surface area (TPSA) is 50.8 Å². The number of carbonyl (C=O) groups excluding carboxylic acids is 1. The molecule has 2 aromatic carbocycles. The van der Waals surface area contributed by atoms with Gasteiger partial charge in [-0.05, 0) is 56.1 Å². The Morgan fingerprint density at radius 1 is 1.04 bits per heavy atom. The SMILES string of the molecule is COc1ccccc1O[C@@H](C)C(=O)NCc1cccc(CN2CCCCC2)c1. The van der Waals surface area contributed by atoms with Crippen molar-refractivity contribution in [3.05, 3.63) is 59.7 Å². The van der Waals surface area contributed by atoms with Crippen molar-refractivity contribution in [1.29, 1.82) is 0 Å². The van der Waals surface area contributed by atoms with E-state index >= 15 is 0 Å². The van der Waals surface area contributed by atoms with Crippen LogP contribution in [-0.4, -0.2) is 37.1 Å². The summed E-state index contributed by atoms with van der Waals surface area (Å²) in [6.07, 6.45) is 3.32. The third-order valence-corrected chi connectivity index (χ3v) is 5.06. The standard InChI is InChI=1S/C23H30N2O3/c1-18(28-22-12-5-4-11-21(22)27-2)23(26)24-16-19-9-8-10-20(15-19)17-25-13-6-3-7-14-25/h4-5,8-12,15,18H,3,6-7,13-14,16-17H2,1-2H3,(H,24,26)/t18-/m0/s1. The summed E-state index contributed by atoms with van der Waals surface area (Å²) in [7, 11) is 1.59. The van der Waals surface area contributed by atoms with E-state index in [9.17, 15) is 4.79 Å². The molecule has 0 radical (unpaired) electrons. The molecule has 1 aliphatic heterocycles. The molecular weight excluding hydrogens is 352 g/mol. The number of para-hydroxylation sites is 2. The third-order valence-electron chi connectivity index (χ3n) is 5.06. The Labute approximate surface area is 167 Å². The van der Waals surface area contributed by atoms with Gasteiger partial charge in [0.2, 0.25) is 0 Å². The van der Waals surface area contributed by atoms with E-state index in [1.54, 1.807) is 20.1 Å². The monoisotopic (exact) mass is 382 g/mol. The van der Waals surface area contributed by atoms with Gasteiger partial charge in [-0.2, -0.15) is 0 Å². The zero-order chi connectivity index (χ0) is 19.8. The van der Waals surface area contributed by atoms with Crippen LogP contribution in [0.4, 0.5) is 0 Å². The van der Waals surface area contributed by atoms with Gasteiger partial charge >= 0.3 is 0 Å². The lowest BCUT2D eigenvalue weighted by atomic mass is 10.1. The molecule has 0 bridgehead atoms. The molecule has 0 aliphatic carbocycles. The smallest absolute Gasteiger partial charge is 0.261 e. The summed E-state index contributed by atoms with van der Waals surface area (Å²) in [6.45, 7) is 5.58. The van der Waals surface area contributed by atoms with Gasteiger partial charge < -0.3 is 14.8 Å². The first-order valence-electron chi connectivity index (χ1n) is 10.0. The molecule has 5 nitrogen and oxygen atoms in total. The summed E-state index contributed by atoms with van der Waals surface area (Å²) in [4.78, 5) is 14.9. The molecule has 28 heavy (non-hydrogen) atoms. The van der Waals surface area contributed by atoms with Crippen LogP contribution in [0.5, 0.6) is 11.5 Å². The van der Waals surface area contributed by atoms with Gasteiger partial charge in [0, 0.05) is 13.1 Å². The highest BCUT2D eigenvalue weighted by Gasteiger charge is 2.16. The molecule has 1 atom stereocenters. The number of ether oxygens (including phenoxy) is 2. The molecule has 0 unspecified atom stereocenters. The molecule has 0 spiro atoms. The highest BCUT2D eigenvalue weighted by atomic mass is 16.5. The molecule has 1 N–H and O–H groups in total. The molecule has 1 amide bonds. The van der Waals surface area contributed by atoms with Gasteiger partial charge in [0.25, 0.3) is 5.91 Å². The Morgan fingerprint density at radius 2 is 1.75 bits per heavy atom. The largest absolute Gasteiger partial charge is 0.493 e. The predicted molar refractivity (Wildman–Crippen MR) is 111 cm³/mol. The second-order valence-electron chi connectivity index (χ2n) is 7.29. The normalized spacial score (nSPS) is 15.6. The number of hydrogen-bond donors (Lipinski definition) is 1. The second-order valence-corrected chi connectivity index (χ2v) is 7.29. The summed E-state index contributed by atoms with van der Waals surface area (Å²) >= 11 is 0. The van der Waals surface area contributed by atoms with Crippen LogP contribution in [0.3, 0.4) is 0 Å². The molecule has 0 saturated carbocycles. The highest BCUT2D eigenvalue weighted by molar-refractivity contribution is 5.80. The number of nitrogens with one attached hydrogen (secondary N) is 1. The molecule has 0 aromatic heterocycles. The number of likely N-dealkylation sites (tertiary alicyclic amines) is 1. The van der Waals surface area contributed by atoms with E-state index in [4.69, 9.17) is 9.47 Å². The number of benzene rings is 2. The van der Waals surface area contributed by atoms with Crippen LogP contribution in [0.15, 0.2) is 48.5 Å². The van der Waals surface area contributed by atoms with E-state index in [1.165, 1.54) is 37.9 Å². The molecule has 1 aliphatic rings. The van der Waals surface area contributed by atoms with Gasteiger partial charge in [0.1, 0.15) is 0 Å². The van der Waals surface area contributed by atoms with E-state index in [1.807, 2.05) is 24.3 Å². The Morgan fingerprint density at radius 3 is 2.50 bits per heavy atom. The van der Waals surface area contributed by atoms with Crippen LogP contribution in [0, 0.1) is 0 Å². The first-order valence-corrected chi connectivity index (χ1v) is 10.0. The van der Waals surface area contributed by atoms with Crippen LogP contribution in [0.1, 0.15) is 37.3 Å². The van der Waals surface area contributed by atoms with Gasteiger partial charge in [-0.25, -0.2) is 0 Å². The van der Waals surface area contributed by atoms with Crippen molar-refractivity contribution < 1.29 is 14.3 Å². The van der Waals surface area contributed by atoms with Crippen molar-refractivity contribution in [2.75, 3.05) is 20.2 Å². The second kappa shape index (κ2) is 10.1. The van der Waals surface area contributed by atoms with Gasteiger partial charge in [-0.15, -0.1) is 0 Å². The summed E-state index contributed by atoms with van der Waals surface area (Å²) in [5.74, 6) is 1.04. The van der Waals surface area contributed by atoms with Crippen molar-refractivity contribution in [2.24, 2.45) is 0 Å². The maximum absolute atomic E-state index is 12.4. The molecule has 1 heterocycles. The predicted octanol–water partition coefficient (Wildman–Crippen LogP) is 3.76. The fourth-order valence-electron chi connectivity index (χ4n) is 3.51. The van der Waals surface area contributed by atoms with Gasteiger partial charge in [-0.1, -0.05) is 42.8 Å². The fraction of sp³-hybridized carbons (Fsp3) is 0.435. The summed E-state index contributed by atoms with van der Waals surface area (Å²) in [5, 5.41) is 2.97. The number of rotatable bonds is 8. The summed E-state index contributed by atoms with van der Waals surface area (Å²) in [5.41, 5.74) is 2.40. The number of nitrogens with zero attached hydrogens (tertiary/aromatic N) is 1. The van der Waals surface area contributed by atoms with Crippen LogP contribution in [-0.2, 0) is 17.9 Å². The average molecular weight is 383 g/mol. The van der Waals surface area contributed by atoms with Crippen LogP contribution in [0.2, 0.25) is 0 Å². The summed E-state index contributed by atoms with van der Waals surface area (Å²) < 4.78 is 11.0. The molecule has 2 aromatic rings. The number of hydrogen-bond acceptors (Lipinski definition) is 4.